The first kappa shape index (κ1) is 19.9. The van der Waals surface area contributed by atoms with Crippen molar-refractivity contribution < 1.29 is 23.4 Å². The van der Waals surface area contributed by atoms with Gasteiger partial charge in [0.05, 0.1) is 26.0 Å². The van der Waals surface area contributed by atoms with Gasteiger partial charge in [-0.25, -0.2) is 4.79 Å². The summed E-state index contributed by atoms with van der Waals surface area (Å²) in [7, 11) is 0. The second-order valence-corrected chi connectivity index (χ2v) is 6.24. The van der Waals surface area contributed by atoms with E-state index in [0.29, 0.717) is 6.61 Å². The minimum Gasteiger partial charge on any atom is -0.458 e. The number of hydrogen-bond donors (Lipinski definition) is 2. The minimum absolute atomic E-state index is 0.0779. The van der Waals surface area contributed by atoms with E-state index in [4.69, 9.17) is 19.9 Å². The minimum atomic E-state index is -1.12. The Labute approximate surface area is 158 Å². The van der Waals surface area contributed by atoms with E-state index in [0.717, 1.165) is 16.3 Å². The van der Waals surface area contributed by atoms with Crippen molar-refractivity contribution in [2.75, 3.05) is 13.2 Å². The second-order valence-electron chi connectivity index (χ2n) is 6.24. The predicted molar refractivity (Wildman–Crippen MR) is 94.8 cm³/mol. The average molecular weight is 393 g/mol. The number of esters is 1. The number of aromatic nitrogens is 2. The van der Waals surface area contributed by atoms with E-state index in [2.05, 4.69) is 0 Å². The van der Waals surface area contributed by atoms with E-state index in [1.807, 2.05) is 35.3 Å². The van der Waals surface area contributed by atoms with Crippen LogP contribution in [0.1, 0.15) is 18.2 Å². The van der Waals surface area contributed by atoms with Gasteiger partial charge in [0.1, 0.15) is 18.4 Å². The van der Waals surface area contributed by atoms with Gasteiger partial charge in [0.25, 0.3) is 5.56 Å². The van der Waals surface area contributed by atoms with Crippen LogP contribution in [0.25, 0.3) is 0 Å². The van der Waals surface area contributed by atoms with Crippen molar-refractivity contribution in [3.05, 3.63) is 68.7 Å². The highest BCUT2D eigenvalue weighted by Gasteiger charge is 2.39. The molecule has 28 heavy (non-hydrogen) atoms. The van der Waals surface area contributed by atoms with Gasteiger partial charge in [-0.05, 0) is 5.56 Å². The number of aromatic amines is 1. The molecular formula is C18H20FN3O6. The van der Waals surface area contributed by atoms with Crippen molar-refractivity contribution in [2.45, 2.75) is 31.5 Å². The van der Waals surface area contributed by atoms with Crippen LogP contribution in [0.15, 0.2) is 46.1 Å². The van der Waals surface area contributed by atoms with Crippen LogP contribution in [0.3, 0.4) is 0 Å². The fourth-order valence-corrected chi connectivity index (χ4v) is 2.90. The summed E-state index contributed by atoms with van der Waals surface area (Å²) in [5.74, 6) is -1.76. The summed E-state index contributed by atoms with van der Waals surface area (Å²) in [4.78, 5) is 36.6. The molecule has 1 aromatic heterocycles. The molecule has 0 bridgehead atoms. The van der Waals surface area contributed by atoms with E-state index in [1.54, 1.807) is 0 Å². The highest BCUT2D eigenvalue weighted by molar-refractivity contribution is 5.71. The number of halogens is 1. The molecule has 3 rings (SSSR count). The molecule has 9 nitrogen and oxygen atoms in total. The Morgan fingerprint density at radius 1 is 1.32 bits per heavy atom. The molecule has 150 valence electrons. The maximum absolute atomic E-state index is 13.6. The number of benzene rings is 1. The van der Waals surface area contributed by atoms with Gasteiger partial charge in [0.15, 0.2) is 0 Å². The third kappa shape index (κ3) is 4.71. The molecule has 10 heteroatoms. The molecule has 3 N–H and O–H groups in total. The summed E-state index contributed by atoms with van der Waals surface area (Å²) >= 11 is 0. The van der Waals surface area contributed by atoms with Gasteiger partial charge in [0.2, 0.25) is 5.82 Å². The first-order valence-corrected chi connectivity index (χ1v) is 8.65. The number of rotatable bonds is 7. The van der Waals surface area contributed by atoms with Gasteiger partial charge < -0.3 is 19.9 Å². The standard InChI is InChI=1S/C18H20FN3O6/c19-12-8-22(18(25)21-17(12)24)15-6-13(28-16(23)7-20)14(27-15)10-26-9-11-4-2-1-3-5-11/h1-5,8,13-15H,6-7,9-10,20H2,(H,21,24,25)/t13?,14-,15-/m0/s1. The zero-order chi connectivity index (χ0) is 20.1. The van der Waals surface area contributed by atoms with Crippen molar-refractivity contribution in [2.24, 2.45) is 5.73 Å². The van der Waals surface area contributed by atoms with Crippen LogP contribution in [0.2, 0.25) is 0 Å². The van der Waals surface area contributed by atoms with Crippen LogP contribution in [0.5, 0.6) is 0 Å². The Balaban J connectivity index is 1.71. The maximum Gasteiger partial charge on any atom is 0.330 e. The van der Waals surface area contributed by atoms with Crippen molar-refractivity contribution in [3.8, 4) is 0 Å². The van der Waals surface area contributed by atoms with Gasteiger partial charge in [-0.15, -0.1) is 0 Å². The molecule has 0 amide bonds. The summed E-state index contributed by atoms with van der Waals surface area (Å²) in [5.41, 5.74) is 4.29. The molecule has 0 saturated carbocycles. The normalized spacial score (nSPS) is 21.6. The Morgan fingerprint density at radius 3 is 2.79 bits per heavy atom. The van der Waals surface area contributed by atoms with Crippen molar-refractivity contribution in [1.29, 1.82) is 0 Å². The summed E-state index contributed by atoms with van der Waals surface area (Å²) < 4.78 is 31.2. The number of nitrogens with two attached hydrogens (primary N) is 1. The number of nitrogens with one attached hydrogen (secondary N) is 1. The largest absolute Gasteiger partial charge is 0.458 e. The van der Waals surface area contributed by atoms with Crippen LogP contribution < -0.4 is 17.0 Å². The first-order valence-electron chi connectivity index (χ1n) is 8.65. The van der Waals surface area contributed by atoms with Crippen LogP contribution >= 0.6 is 0 Å². The van der Waals surface area contributed by atoms with E-state index < -0.39 is 41.5 Å². The second kappa shape index (κ2) is 8.91. The smallest absolute Gasteiger partial charge is 0.330 e. The molecule has 3 atom stereocenters. The SMILES string of the molecule is NCC(=O)OC1C[C@@H](n2cc(F)c(=O)[nH]c2=O)O[C@H]1COCc1ccccc1. The number of H-pyrrole nitrogens is 1. The fourth-order valence-electron chi connectivity index (χ4n) is 2.90. The van der Waals surface area contributed by atoms with Crippen molar-refractivity contribution in [3.63, 3.8) is 0 Å². The molecule has 2 heterocycles. The zero-order valence-electron chi connectivity index (χ0n) is 14.9. The summed E-state index contributed by atoms with van der Waals surface area (Å²) in [6.07, 6.45) is -1.51. The highest BCUT2D eigenvalue weighted by Crippen LogP contribution is 2.30. The van der Waals surface area contributed by atoms with Crippen LogP contribution in [0.4, 0.5) is 4.39 Å². The number of carbonyl (C=O) groups excluding carboxylic acids is 1. The maximum atomic E-state index is 13.6. The topological polar surface area (TPSA) is 126 Å². The molecule has 1 saturated heterocycles. The van der Waals surface area contributed by atoms with Crippen LogP contribution in [-0.4, -0.2) is 40.9 Å². The Morgan fingerprint density at radius 2 is 2.07 bits per heavy atom. The molecule has 1 aliphatic rings. The lowest BCUT2D eigenvalue weighted by Crippen LogP contribution is -2.34. The lowest BCUT2D eigenvalue weighted by Gasteiger charge is -2.18. The van der Waals surface area contributed by atoms with Gasteiger partial charge in [-0.2, -0.15) is 4.39 Å². The number of hydrogen-bond acceptors (Lipinski definition) is 7. The lowest BCUT2D eigenvalue weighted by atomic mass is 10.2. The third-order valence-corrected chi connectivity index (χ3v) is 4.26. The number of carbonyl (C=O) groups is 1. The van der Waals surface area contributed by atoms with Gasteiger partial charge >= 0.3 is 11.7 Å². The first-order chi connectivity index (χ1) is 13.5. The molecule has 1 aliphatic heterocycles. The Bertz CT molecular complexity index is 929. The molecule has 0 radical (unpaired) electrons. The van der Waals surface area contributed by atoms with E-state index >= 15 is 0 Å². The quantitative estimate of drug-likeness (QED) is 0.637. The molecule has 0 spiro atoms. The van der Waals surface area contributed by atoms with Crippen molar-refractivity contribution in [1.82, 2.24) is 9.55 Å². The van der Waals surface area contributed by atoms with Gasteiger partial charge in [-0.1, -0.05) is 30.3 Å². The lowest BCUT2D eigenvalue weighted by molar-refractivity contribution is -0.152. The summed E-state index contributed by atoms with van der Waals surface area (Å²) in [6, 6.07) is 9.44. The monoisotopic (exact) mass is 393 g/mol. The summed E-state index contributed by atoms with van der Waals surface area (Å²) in [5, 5.41) is 0. The van der Waals surface area contributed by atoms with E-state index in [-0.39, 0.29) is 19.6 Å². The van der Waals surface area contributed by atoms with Gasteiger partial charge in [0, 0.05) is 6.42 Å². The number of ether oxygens (including phenoxy) is 3. The van der Waals surface area contributed by atoms with Crippen molar-refractivity contribution >= 4 is 5.97 Å². The summed E-state index contributed by atoms with van der Waals surface area (Å²) in [6.45, 7) is 0.0800. The third-order valence-electron chi connectivity index (χ3n) is 4.26. The molecule has 2 aromatic rings. The molecule has 0 aliphatic carbocycles. The van der Waals surface area contributed by atoms with Crippen LogP contribution in [0, 0.1) is 5.82 Å². The van der Waals surface area contributed by atoms with Crippen LogP contribution in [-0.2, 0) is 25.6 Å². The Hall–Kier alpha value is -2.82. The zero-order valence-corrected chi connectivity index (χ0v) is 14.9. The predicted octanol–water partition coefficient (Wildman–Crippen LogP) is 0.0505. The molecular weight excluding hydrogens is 373 g/mol. The van der Waals surface area contributed by atoms with E-state index in [1.165, 1.54) is 0 Å². The Kier molecular flexibility index (Phi) is 6.34. The molecule has 1 unspecified atom stereocenters. The fraction of sp³-hybridized carbons (Fsp3) is 0.389. The van der Waals surface area contributed by atoms with E-state index in [9.17, 15) is 18.8 Å². The molecule has 1 fully saturated rings. The van der Waals surface area contributed by atoms with Gasteiger partial charge in [-0.3, -0.25) is 19.1 Å². The average Bonchev–Trinajstić information content (AvgIpc) is 3.07. The highest BCUT2D eigenvalue weighted by atomic mass is 19.1. The number of nitrogens with zero attached hydrogens (tertiary/aromatic N) is 1. The molecule has 1 aromatic carbocycles.